The van der Waals surface area contributed by atoms with E-state index in [9.17, 15) is 0 Å². The molecule has 0 radical (unpaired) electrons. The molecule has 94 valence electrons. The molecule has 0 aliphatic heterocycles. The summed E-state index contributed by atoms with van der Waals surface area (Å²) in [4.78, 5) is 0. The van der Waals surface area contributed by atoms with Crippen LogP contribution in [0.4, 0.5) is 0 Å². The average Bonchev–Trinajstić information content (AvgIpc) is 2.49. The third-order valence-corrected chi connectivity index (χ3v) is 2.76. The zero-order valence-electron chi connectivity index (χ0n) is 10.5. The van der Waals surface area contributed by atoms with E-state index in [0.717, 1.165) is 0 Å². The highest BCUT2D eigenvalue weighted by atomic mass is 16.4. The fraction of sp³-hybridized carbons (Fsp3) is 0. The number of rotatable bonds is 1. The first-order valence-electron chi connectivity index (χ1n) is 6.12. The highest BCUT2D eigenvalue weighted by Gasteiger charge is 2.07. The van der Waals surface area contributed by atoms with Crippen LogP contribution in [0.1, 0.15) is 0 Å². The van der Waals surface area contributed by atoms with Crippen molar-refractivity contribution in [2.45, 2.75) is 0 Å². The Hall–Kier alpha value is -2.10. The second-order valence-corrected chi connectivity index (χ2v) is 4.13. The number of hydrogen-bond donors (Lipinski definition) is 2. The van der Waals surface area contributed by atoms with Crippen LogP contribution >= 0.6 is 0 Å². The highest BCUT2D eigenvalue weighted by Crippen LogP contribution is 2.11. The van der Waals surface area contributed by atoms with Crippen LogP contribution in [0.15, 0.2) is 78.9 Å². The molecule has 2 nitrogen and oxygen atoms in total. The average molecular weight is 250 g/mol. The largest absolute Gasteiger partial charge is 0.488 e. The maximum absolute atomic E-state index is 8.58. The van der Waals surface area contributed by atoms with E-state index >= 15 is 0 Å². The lowest BCUT2D eigenvalue weighted by atomic mass is 9.81. The van der Waals surface area contributed by atoms with Gasteiger partial charge in [0.25, 0.3) is 0 Å². The minimum atomic E-state index is -1.34. The van der Waals surface area contributed by atoms with Gasteiger partial charge in [0.1, 0.15) is 0 Å². The van der Waals surface area contributed by atoms with E-state index in [1.54, 1.807) is 24.3 Å². The summed E-state index contributed by atoms with van der Waals surface area (Å²) in [5.74, 6) is 0. The molecule has 0 amide bonds. The summed E-state index contributed by atoms with van der Waals surface area (Å²) in [6.07, 6.45) is 0. The van der Waals surface area contributed by atoms with Gasteiger partial charge >= 0.3 is 7.12 Å². The summed E-state index contributed by atoms with van der Waals surface area (Å²) in [6, 6.07) is 25.4. The van der Waals surface area contributed by atoms with Crippen LogP contribution in [0.5, 0.6) is 0 Å². The van der Waals surface area contributed by atoms with Crippen molar-refractivity contribution in [3.8, 4) is 0 Å². The van der Waals surface area contributed by atoms with Gasteiger partial charge in [0.15, 0.2) is 0 Å². The Morgan fingerprint density at radius 2 is 0.895 bits per heavy atom. The van der Waals surface area contributed by atoms with Gasteiger partial charge in [-0.25, -0.2) is 0 Å². The Kier molecular flexibility index (Phi) is 4.73. The topological polar surface area (TPSA) is 40.5 Å². The van der Waals surface area contributed by atoms with Gasteiger partial charge in [-0.3, -0.25) is 0 Å². The van der Waals surface area contributed by atoms with Gasteiger partial charge in [-0.2, -0.15) is 0 Å². The molecule has 2 N–H and O–H groups in total. The van der Waals surface area contributed by atoms with Gasteiger partial charge in [-0.05, 0) is 16.2 Å². The molecule has 0 saturated carbocycles. The van der Waals surface area contributed by atoms with E-state index in [2.05, 4.69) is 48.5 Å². The lowest BCUT2D eigenvalue weighted by Gasteiger charge is -1.94. The van der Waals surface area contributed by atoms with Crippen LogP contribution in [-0.2, 0) is 0 Å². The van der Waals surface area contributed by atoms with Gasteiger partial charge in [-0.15, -0.1) is 0 Å². The molecule has 3 aromatic rings. The third-order valence-electron chi connectivity index (χ3n) is 2.76. The lowest BCUT2D eigenvalue weighted by molar-refractivity contribution is 0.426. The Bertz CT molecular complexity index is 558. The second kappa shape index (κ2) is 6.73. The van der Waals surface area contributed by atoms with E-state index in [-0.39, 0.29) is 0 Å². The Balaban J connectivity index is 0.000000141. The molecular formula is C16H15BO2. The summed E-state index contributed by atoms with van der Waals surface area (Å²) in [6.45, 7) is 0. The van der Waals surface area contributed by atoms with Gasteiger partial charge in [0, 0.05) is 0 Å². The minimum absolute atomic E-state index is 0.525. The molecule has 19 heavy (non-hydrogen) atoms. The fourth-order valence-corrected chi connectivity index (χ4v) is 1.76. The lowest BCUT2D eigenvalue weighted by Crippen LogP contribution is -2.29. The Labute approximate surface area is 113 Å². The van der Waals surface area contributed by atoms with E-state index in [0.29, 0.717) is 5.46 Å². The molecule has 3 rings (SSSR count). The van der Waals surface area contributed by atoms with Crippen molar-refractivity contribution in [2.75, 3.05) is 0 Å². The van der Waals surface area contributed by atoms with Crippen LogP contribution in [0.25, 0.3) is 10.8 Å². The first-order chi connectivity index (χ1) is 9.27. The summed E-state index contributed by atoms with van der Waals surface area (Å²) in [5.41, 5.74) is 0.525. The quantitative estimate of drug-likeness (QED) is 0.650. The maximum atomic E-state index is 8.58. The molecule has 3 heteroatoms. The van der Waals surface area contributed by atoms with E-state index in [4.69, 9.17) is 10.0 Å². The van der Waals surface area contributed by atoms with Crippen LogP contribution < -0.4 is 5.46 Å². The zero-order chi connectivity index (χ0) is 13.5. The molecule has 0 aromatic heterocycles. The molecule has 0 unspecified atom stereocenters. The third kappa shape index (κ3) is 3.95. The van der Waals surface area contributed by atoms with E-state index < -0.39 is 7.12 Å². The molecule has 3 aromatic carbocycles. The molecule has 0 saturated heterocycles. The Morgan fingerprint density at radius 3 is 1.21 bits per heavy atom. The van der Waals surface area contributed by atoms with Crippen LogP contribution in [0, 0.1) is 0 Å². The molecule has 0 aliphatic carbocycles. The highest BCUT2D eigenvalue weighted by molar-refractivity contribution is 6.58. The first-order valence-corrected chi connectivity index (χ1v) is 6.12. The van der Waals surface area contributed by atoms with Gasteiger partial charge in [0.2, 0.25) is 0 Å². The van der Waals surface area contributed by atoms with Gasteiger partial charge < -0.3 is 10.0 Å². The number of fused-ring (bicyclic) bond motifs is 1. The van der Waals surface area contributed by atoms with E-state index in [1.165, 1.54) is 10.8 Å². The Morgan fingerprint density at radius 1 is 0.526 bits per heavy atom. The van der Waals surface area contributed by atoms with Crippen molar-refractivity contribution in [1.82, 2.24) is 0 Å². The molecule has 0 heterocycles. The summed E-state index contributed by atoms with van der Waals surface area (Å²) in [5, 5.41) is 19.8. The van der Waals surface area contributed by atoms with Crippen molar-refractivity contribution < 1.29 is 10.0 Å². The SMILES string of the molecule is OB(O)c1ccccc1.c1ccc2ccccc2c1. The normalized spacial score (nSPS) is 9.58. The fourth-order valence-electron chi connectivity index (χ4n) is 1.76. The molecule has 0 bridgehead atoms. The standard InChI is InChI=1S/C10H8.C6H7BO2/c1-2-6-10-8-4-3-7-9(10)5-1;8-7(9)6-4-2-1-3-5-6/h1-8H;1-5,8-9H. The summed E-state index contributed by atoms with van der Waals surface area (Å²) in [7, 11) is -1.34. The van der Waals surface area contributed by atoms with Crippen LogP contribution in [0.2, 0.25) is 0 Å². The number of hydrogen-bond acceptors (Lipinski definition) is 2. The smallest absolute Gasteiger partial charge is 0.423 e. The number of benzene rings is 3. The van der Waals surface area contributed by atoms with Crippen LogP contribution in [-0.4, -0.2) is 17.2 Å². The molecular weight excluding hydrogens is 235 g/mol. The monoisotopic (exact) mass is 250 g/mol. The van der Waals surface area contributed by atoms with Crippen LogP contribution in [0.3, 0.4) is 0 Å². The summed E-state index contributed by atoms with van der Waals surface area (Å²) >= 11 is 0. The minimum Gasteiger partial charge on any atom is -0.423 e. The van der Waals surface area contributed by atoms with Crippen molar-refractivity contribution in [1.29, 1.82) is 0 Å². The van der Waals surface area contributed by atoms with E-state index in [1.807, 2.05) is 6.07 Å². The maximum Gasteiger partial charge on any atom is 0.488 e. The van der Waals surface area contributed by atoms with Gasteiger partial charge in [-0.1, -0.05) is 78.9 Å². The molecule has 0 fully saturated rings. The molecule has 0 aliphatic rings. The predicted molar refractivity (Wildman–Crippen MR) is 80.2 cm³/mol. The second-order valence-electron chi connectivity index (χ2n) is 4.13. The molecule has 0 spiro atoms. The van der Waals surface area contributed by atoms with Crippen molar-refractivity contribution in [3.05, 3.63) is 78.9 Å². The van der Waals surface area contributed by atoms with Crippen molar-refractivity contribution in [2.24, 2.45) is 0 Å². The molecule has 0 atom stereocenters. The zero-order valence-corrected chi connectivity index (χ0v) is 10.5. The van der Waals surface area contributed by atoms with Gasteiger partial charge in [0.05, 0.1) is 0 Å². The predicted octanol–water partition coefficient (Wildman–Crippen LogP) is 2.21. The first kappa shape index (κ1) is 13.3. The summed E-state index contributed by atoms with van der Waals surface area (Å²) < 4.78 is 0. The van der Waals surface area contributed by atoms with Crippen molar-refractivity contribution >= 4 is 23.4 Å². The van der Waals surface area contributed by atoms with Crippen molar-refractivity contribution in [3.63, 3.8) is 0 Å².